The van der Waals surface area contributed by atoms with Gasteiger partial charge in [-0.3, -0.25) is 9.59 Å². The summed E-state index contributed by atoms with van der Waals surface area (Å²) in [6.45, 7) is 4.22. The topological polar surface area (TPSA) is 58.6 Å². The van der Waals surface area contributed by atoms with Gasteiger partial charge in [-0.25, -0.2) is 0 Å². The summed E-state index contributed by atoms with van der Waals surface area (Å²) in [5.74, 6) is 0.451. The number of amides is 2. The molecule has 0 unspecified atom stereocenters. The molecule has 0 fully saturated rings. The summed E-state index contributed by atoms with van der Waals surface area (Å²) in [6.07, 6.45) is 1.91. The van der Waals surface area contributed by atoms with Crippen LogP contribution in [0.1, 0.15) is 24.5 Å². The Kier molecular flexibility index (Phi) is 5.03. The van der Waals surface area contributed by atoms with Gasteiger partial charge in [0.2, 0.25) is 5.91 Å². The van der Waals surface area contributed by atoms with Gasteiger partial charge in [-0.2, -0.15) is 0 Å². The summed E-state index contributed by atoms with van der Waals surface area (Å²) in [6, 6.07) is 13.3. The first-order valence-corrected chi connectivity index (χ1v) is 8.43. The molecule has 0 radical (unpaired) electrons. The first kappa shape index (κ1) is 17.0. The SMILES string of the molecule is CC(=O)N1CCCc2ccc(NC(=O)COc3ccc(C)cc3)cc21. The molecule has 0 aromatic heterocycles. The van der Waals surface area contributed by atoms with Crippen molar-refractivity contribution in [3.63, 3.8) is 0 Å². The van der Waals surface area contributed by atoms with Gasteiger partial charge in [0, 0.05) is 24.8 Å². The number of nitrogens with zero attached hydrogens (tertiary/aromatic N) is 1. The Morgan fingerprint density at radius 3 is 2.64 bits per heavy atom. The second kappa shape index (κ2) is 7.38. The normalized spacial score (nSPS) is 13.1. The number of benzene rings is 2. The highest BCUT2D eigenvalue weighted by atomic mass is 16.5. The number of hydrogen-bond acceptors (Lipinski definition) is 3. The van der Waals surface area contributed by atoms with Gasteiger partial charge in [-0.1, -0.05) is 23.8 Å². The van der Waals surface area contributed by atoms with E-state index < -0.39 is 0 Å². The Balaban J connectivity index is 1.64. The van der Waals surface area contributed by atoms with Crippen molar-refractivity contribution in [3.05, 3.63) is 53.6 Å². The van der Waals surface area contributed by atoms with Crippen LogP contribution in [-0.4, -0.2) is 25.0 Å². The summed E-state index contributed by atoms with van der Waals surface area (Å²) in [4.78, 5) is 25.7. The molecule has 0 atom stereocenters. The number of hydrogen-bond donors (Lipinski definition) is 1. The average Bonchev–Trinajstić information content (AvgIpc) is 2.60. The van der Waals surface area contributed by atoms with Crippen molar-refractivity contribution in [2.45, 2.75) is 26.7 Å². The fraction of sp³-hybridized carbons (Fsp3) is 0.300. The fourth-order valence-electron chi connectivity index (χ4n) is 2.96. The molecule has 0 bridgehead atoms. The second-order valence-electron chi connectivity index (χ2n) is 6.27. The van der Waals surface area contributed by atoms with Crippen LogP contribution in [0.25, 0.3) is 0 Å². The molecule has 0 saturated carbocycles. The number of anilines is 2. The molecule has 2 amide bonds. The molecule has 1 aliphatic heterocycles. The Morgan fingerprint density at radius 1 is 1.16 bits per heavy atom. The van der Waals surface area contributed by atoms with E-state index in [2.05, 4.69) is 5.32 Å². The molecule has 2 aromatic carbocycles. The molecule has 3 rings (SSSR count). The van der Waals surface area contributed by atoms with Crippen LogP contribution in [0.4, 0.5) is 11.4 Å². The number of carbonyl (C=O) groups excluding carboxylic acids is 2. The Morgan fingerprint density at radius 2 is 1.92 bits per heavy atom. The first-order chi connectivity index (χ1) is 12.0. The lowest BCUT2D eigenvalue weighted by Crippen LogP contribution is -2.33. The van der Waals surface area contributed by atoms with Crippen LogP contribution in [0.15, 0.2) is 42.5 Å². The van der Waals surface area contributed by atoms with Crippen LogP contribution >= 0.6 is 0 Å². The summed E-state index contributed by atoms with van der Waals surface area (Å²) in [5.41, 5.74) is 3.83. The second-order valence-corrected chi connectivity index (χ2v) is 6.27. The molecule has 130 valence electrons. The van der Waals surface area contributed by atoms with E-state index in [1.54, 1.807) is 11.8 Å². The predicted octanol–water partition coefficient (Wildman–Crippen LogP) is 3.31. The summed E-state index contributed by atoms with van der Waals surface area (Å²) >= 11 is 0. The minimum absolute atomic E-state index is 0.0205. The lowest BCUT2D eigenvalue weighted by atomic mass is 10.0. The van der Waals surface area contributed by atoms with Crippen LogP contribution in [0, 0.1) is 6.92 Å². The average molecular weight is 338 g/mol. The zero-order valence-corrected chi connectivity index (χ0v) is 14.5. The van der Waals surface area contributed by atoms with E-state index in [1.165, 1.54) is 0 Å². The summed E-state index contributed by atoms with van der Waals surface area (Å²) in [7, 11) is 0. The van der Waals surface area contributed by atoms with Crippen LogP contribution in [0.2, 0.25) is 0 Å². The smallest absolute Gasteiger partial charge is 0.262 e. The van der Waals surface area contributed by atoms with E-state index in [0.29, 0.717) is 11.4 Å². The van der Waals surface area contributed by atoms with Crippen LogP contribution in [-0.2, 0) is 16.0 Å². The first-order valence-electron chi connectivity index (χ1n) is 8.43. The maximum Gasteiger partial charge on any atom is 0.262 e. The summed E-state index contributed by atoms with van der Waals surface area (Å²) < 4.78 is 5.49. The van der Waals surface area contributed by atoms with E-state index >= 15 is 0 Å². The molecule has 1 aliphatic rings. The molecule has 25 heavy (non-hydrogen) atoms. The summed E-state index contributed by atoms with van der Waals surface area (Å²) in [5, 5.41) is 2.83. The number of carbonyl (C=O) groups is 2. The van der Waals surface area contributed by atoms with E-state index in [0.717, 1.165) is 36.2 Å². The number of ether oxygens (including phenoxy) is 1. The quantitative estimate of drug-likeness (QED) is 0.930. The zero-order valence-electron chi connectivity index (χ0n) is 14.5. The minimum Gasteiger partial charge on any atom is -0.484 e. The number of rotatable bonds is 4. The zero-order chi connectivity index (χ0) is 17.8. The molecule has 5 heteroatoms. The molecule has 1 N–H and O–H groups in total. The largest absolute Gasteiger partial charge is 0.484 e. The van der Waals surface area contributed by atoms with Crippen molar-refractivity contribution >= 4 is 23.2 Å². The molecule has 5 nitrogen and oxygen atoms in total. The van der Waals surface area contributed by atoms with Gasteiger partial charge >= 0.3 is 0 Å². The molecule has 0 saturated heterocycles. The molecule has 0 spiro atoms. The monoisotopic (exact) mass is 338 g/mol. The van der Waals surface area contributed by atoms with Gasteiger partial charge in [0.05, 0.1) is 0 Å². The van der Waals surface area contributed by atoms with E-state index in [4.69, 9.17) is 4.74 Å². The molecular formula is C20H22N2O3. The molecule has 0 aliphatic carbocycles. The van der Waals surface area contributed by atoms with Crippen LogP contribution in [0.5, 0.6) is 5.75 Å². The van der Waals surface area contributed by atoms with Crippen LogP contribution in [0.3, 0.4) is 0 Å². The van der Waals surface area contributed by atoms with E-state index in [-0.39, 0.29) is 18.4 Å². The number of aryl methyl sites for hydroxylation is 2. The lowest BCUT2D eigenvalue weighted by molar-refractivity contribution is -0.118. The van der Waals surface area contributed by atoms with E-state index in [9.17, 15) is 9.59 Å². The standard InChI is InChI=1S/C20H22N2O3/c1-14-5-9-18(10-6-14)25-13-20(24)21-17-8-7-16-4-3-11-22(15(2)23)19(16)12-17/h5-10,12H,3-4,11,13H2,1-2H3,(H,21,24). The van der Waals surface area contributed by atoms with Crippen molar-refractivity contribution in [2.24, 2.45) is 0 Å². The third-order valence-electron chi connectivity index (χ3n) is 4.26. The number of nitrogens with one attached hydrogen (secondary N) is 1. The van der Waals surface area contributed by atoms with Crippen molar-refractivity contribution in [2.75, 3.05) is 23.4 Å². The predicted molar refractivity (Wildman–Crippen MR) is 98.1 cm³/mol. The van der Waals surface area contributed by atoms with Crippen molar-refractivity contribution < 1.29 is 14.3 Å². The molecular weight excluding hydrogens is 316 g/mol. The van der Waals surface area contributed by atoms with Crippen LogP contribution < -0.4 is 15.0 Å². The highest BCUT2D eigenvalue weighted by Gasteiger charge is 2.20. The Bertz CT molecular complexity index is 784. The third kappa shape index (κ3) is 4.18. The van der Waals surface area contributed by atoms with Gasteiger partial charge in [-0.15, -0.1) is 0 Å². The maximum absolute atomic E-state index is 12.1. The minimum atomic E-state index is -0.231. The lowest BCUT2D eigenvalue weighted by Gasteiger charge is -2.29. The van der Waals surface area contributed by atoms with Gasteiger partial charge in [-0.05, 0) is 49.6 Å². The van der Waals surface area contributed by atoms with Crippen molar-refractivity contribution in [1.82, 2.24) is 0 Å². The fourth-order valence-corrected chi connectivity index (χ4v) is 2.96. The van der Waals surface area contributed by atoms with Gasteiger partial charge in [0.15, 0.2) is 6.61 Å². The number of fused-ring (bicyclic) bond motifs is 1. The highest BCUT2D eigenvalue weighted by molar-refractivity contribution is 5.96. The van der Waals surface area contributed by atoms with E-state index in [1.807, 2.05) is 49.4 Å². The Hall–Kier alpha value is -2.82. The van der Waals surface area contributed by atoms with Crippen molar-refractivity contribution in [1.29, 1.82) is 0 Å². The van der Waals surface area contributed by atoms with Gasteiger partial charge in [0.25, 0.3) is 5.91 Å². The van der Waals surface area contributed by atoms with Gasteiger partial charge in [0.1, 0.15) is 5.75 Å². The maximum atomic E-state index is 12.1. The highest BCUT2D eigenvalue weighted by Crippen LogP contribution is 2.30. The van der Waals surface area contributed by atoms with Crippen molar-refractivity contribution in [3.8, 4) is 5.75 Å². The third-order valence-corrected chi connectivity index (χ3v) is 4.26. The molecule has 2 aromatic rings. The molecule has 1 heterocycles. The van der Waals surface area contributed by atoms with Gasteiger partial charge < -0.3 is 15.0 Å². The Labute approximate surface area is 147 Å².